The van der Waals surface area contributed by atoms with Crippen LogP contribution >= 0.6 is 0 Å². The van der Waals surface area contributed by atoms with E-state index in [1.165, 1.54) is 6.07 Å². The molecular formula is C19H18N2O4S. The van der Waals surface area contributed by atoms with Gasteiger partial charge < -0.3 is 5.11 Å². The van der Waals surface area contributed by atoms with E-state index >= 15 is 0 Å². The first-order valence-corrected chi connectivity index (χ1v) is 9.52. The van der Waals surface area contributed by atoms with E-state index in [0.29, 0.717) is 17.3 Å². The summed E-state index contributed by atoms with van der Waals surface area (Å²) in [5, 5.41) is 9.66. The monoisotopic (exact) mass is 370 g/mol. The van der Waals surface area contributed by atoms with E-state index in [-0.39, 0.29) is 11.4 Å². The van der Waals surface area contributed by atoms with Crippen LogP contribution in [0.5, 0.6) is 0 Å². The van der Waals surface area contributed by atoms with Crippen molar-refractivity contribution in [2.45, 2.75) is 11.3 Å². The van der Waals surface area contributed by atoms with Crippen LogP contribution in [0.25, 0.3) is 10.9 Å². The largest absolute Gasteiger partial charge is 0.480 e. The van der Waals surface area contributed by atoms with Crippen LogP contribution in [-0.2, 0) is 21.2 Å². The molecule has 0 amide bonds. The number of aromatic nitrogens is 1. The molecule has 0 aliphatic heterocycles. The number of rotatable bonds is 7. The maximum Gasteiger partial charge on any atom is 0.318 e. The molecule has 0 aliphatic rings. The van der Waals surface area contributed by atoms with E-state index in [9.17, 15) is 18.3 Å². The van der Waals surface area contributed by atoms with E-state index in [0.717, 1.165) is 9.87 Å². The summed E-state index contributed by atoms with van der Waals surface area (Å²) < 4.78 is 27.3. The molecule has 3 rings (SSSR count). The van der Waals surface area contributed by atoms with Gasteiger partial charge in [0, 0.05) is 18.1 Å². The second kappa shape index (κ2) is 7.63. The van der Waals surface area contributed by atoms with Crippen molar-refractivity contribution in [3.05, 3.63) is 72.4 Å². The number of nitrogens with zero attached hydrogens (tertiary/aromatic N) is 2. The molecule has 0 radical (unpaired) electrons. The molecule has 0 bridgehead atoms. The molecule has 0 spiro atoms. The molecule has 1 N–H and O–H groups in total. The minimum Gasteiger partial charge on any atom is -0.480 e. The van der Waals surface area contributed by atoms with Gasteiger partial charge in [-0.05, 0) is 36.2 Å². The molecule has 0 saturated heterocycles. The topological polar surface area (TPSA) is 87.6 Å². The first kappa shape index (κ1) is 18.0. The van der Waals surface area contributed by atoms with Gasteiger partial charge in [0.25, 0.3) is 0 Å². The van der Waals surface area contributed by atoms with Gasteiger partial charge in [-0.15, -0.1) is 0 Å². The van der Waals surface area contributed by atoms with Gasteiger partial charge in [0.15, 0.2) is 0 Å². The summed E-state index contributed by atoms with van der Waals surface area (Å²) in [5.41, 5.74) is 1.49. The van der Waals surface area contributed by atoms with Gasteiger partial charge >= 0.3 is 5.97 Å². The number of benzene rings is 2. The van der Waals surface area contributed by atoms with E-state index in [4.69, 9.17) is 0 Å². The molecule has 1 aromatic heterocycles. The van der Waals surface area contributed by atoms with E-state index in [1.807, 2.05) is 30.3 Å². The number of carbonyl (C=O) groups is 1. The number of fused-ring (bicyclic) bond motifs is 1. The van der Waals surface area contributed by atoms with Gasteiger partial charge in [0.2, 0.25) is 10.0 Å². The van der Waals surface area contributed by atoms with Crippen LogP contribution in [-0.4, -0.2) is 41.9 Å². The van der Waals surface area contributed by atoms with Crippen LogP contribution in [0.3, 0.4) is 0 Å². The fourth-order valence-corrected chi connectivity index (χ4v) is 4.36. The number of carboxylic acid groups (broad SMARTS) is 1. The lowest BCUT2D eigenvalue weighted by atomic mass is 10.1. The van der Waals surface area contributed by atoms with Gasteiger partial charge in [-0.25, -0.2) is 8.42 Å². The zero-order chi connectivity index (χ0) is 18.6. The number of aliphatic carboxylic acids is 1. The lowest BCUT2D eigenvalue weighted by Crippen LogP contribution is -2.37. The maximum absolute atomic E-state index is 13.1. The summed E-state index contributed by atoms with van der Waals surface area (Å²) in [5.74, 6) is -1.19. The Hall–Kier alpha value is -2.77. The fourth-order valence-electron chi connectivity index (χ4n) is 2.77. The minimum atomic E-state index is -3.98. The second-order valence-electron chi connectivity index (χ2n) is 5.79. The van der Waals surface area contributed by atoms with Gasteiger partial charge in [0.1, 0.15) is 6.54 Å². The fraction of sp³-hybridized carbons (Fsp3) is 0.158. The standard InChI is InChI=1S/C19H18N2O4S/c22-19(23)14-21(13-11-15-6-2-1-3-7-15)26(24,25)18-10-4-9-17-16(18)8-5-12-20-17/h1-10,12H,11,13-14H2,(H,22,23). The SMILES string of the molecule is O=C(O)CN(CCc1ccccc1)S(=O)(=O)c1cccc2ncccc12. The van der Waals surface area contributed by atoms with Crippen LogP contribution < -0.4 is 0 Å². The number of sulfonamides is 1. The third-order valence-corrected chi connectivity index (χ3v) is 5.93. The third kappa shape index (κ3) is 3.89. The number of pyridine rings is 1. The molecular weight excluding hydrogens is 352 g/mol. The second-order valence-corrected chi connectivity index (χ2v) is 7.70. The molecule has 2 aromatic carbocycles. The van der Waals surface area contributed by atoms with Crippen LogP contribution in [0.4, 0.5) is 0 Å². The zero-order valence-corrected chi connectivity index (χ0v) is 14.8. The summed E-state index contributed by atoms with van der Waals surface area (Å²) in [6, 6.07) is 17.5. The van der Waals surface area contributed by atoms with Crippen LogP contribution in [0.1, 0.15) is 5.56 Å². The summed E-state index contributed by atoms with van der Waals surface area (Å²) in [6.45, 7) is -0.513. The third-order valence-electron chi connectivity index (χ3n) is 4.03. The Morgan fingerprint density at radius 1 is 1.00 bits per heavy atom. The summed E-state index contributed by atoms with van der Waals surface area (Å²) in [7, 11) is -3.98. The zero-order valence-electron chi connectivity index (χ0n) is 13.9. The van der Waals surface area contributed by atoms with Crippen molar-refractivity contribution in [1.29, 1.82) is 0 Å². The highest BCUT2D eigenvalue weighted by molar-refractivity contribution is 7.89. The molecule has 3 aromatic rings. The molecule has 7 heteroatoms. The van der Waals surface area contributed by atoms with Crippen LogP contribution in [0.15, 0.2) is 71.8 Å². The molecule has 0 atom stereocenters. The van der Waals surface area contributed by atoms with Crippen LogP contribution in [0, 0.1) is 0 Å². The van der Waals surface area contributed by atoms with Gasteiger partial charge in [-0.3, -0.25) is 9.78 Å². The molecule has 1 heterocycles. The summed E-state index contributed by atoms with van der Waals surface area (Å²) in [6.07, 6.45) is 2.01. The molecule has 0 aliphatic carbocycles. The van der Waals surface area contributed by atoms with Crippen molar-refractivity contribution >= 4 is 26.9 Å². The average Bonchev–Trinajstić information content (AvgIpc) is 2.65. The van der Waals surface area contributed by atoms with Crippen molar-refractivity contribution < 1.29 is 18.3 Å². The Bertz CT molecular complexity index is 1010. The summed E-state index contributed by atoms with van der Waals surface area (Å²) >= 11 is 0. The quantitative estimate of drug-likeness (QED) is 0.691. The van der Waals surface area contributed by atoms with Crippen molar-refractivity contribution in [3.63, 3.8) is 0 Å². The Balaban J connectivity index is 1.97. The van der Waals surface area contributed by atoms with E-state index in [2.05, 4.69) is 4.98 Å². The van der Waals surface area contributed by atoms with E-state index < -0.39 is 22.5 Å². The Morgan fingerprint density at radius 3 is 2.50 bits per heavy atom. The van der Waals surface area contributed by atoms with Crippen LogP contribution in [0.2, 0.25) is 0 Å². The minimum absolute atomic E-state index is 0.0670. The Morgan fingerprint density at radius 2 is 1.77 bits per heavy atom. The first-order valence-electron chi connectivity index (χ1n) is 8.08. The number of carboxylic acids is 1. The lowest BCUT2D eigenvalue weighted by Gasteiger charge is -2.21. The van der Waals surface area contributed by atoms with E-state index in [1.54, 1.807) is 30.5 Å². The molecule has 26 heavy (non-hydrogen) atoms. The number of hydrogen-bond donors (Lipinski definition) is 1. The summed E-state index contributed by atoms with van der Waals surface area (Å²) in [4.78, 5) is 15.5. The normalized spacial score (nSPS) is 11.7. The molecule has 134 valence electrons. The lowest BCUT2D eigenvalue weighted by molar-refractivity contribution is -0.137. The maximum atomic E-state index is 13.1. The van der Waals surface area contributed by atoms with Gasteiger partial charge in [-0.2, -0.15) is 4.31 Å². The smallest absolute Gasteiger partial charge is 0.318 e. The van der Waals surface area contributed by atoms with Crippen molar-refractivity contribution in [3.8, 4) is 0 Å². The predicted octanol–water partition coefficient (Wildman–Crippen LogP) is 2.55. The Labute approximate surface area is 151 Å². The molecule has 0 fully saturated rings. The van der Waals surface area contributed by atoms with Crippen molar-refractivity contribution in [1.82, 2.24) is 9.29 Å². The number of hydrogen-bond acceptors (Lipinski definition) is 4. The first-order chi connectivity index (χ1) is 12.5. The highest BCUT2D eigenvalue weighted by Gasteiger charge is 2.28. The van der Waals surface area contributed by atoms with Crippen molar-refractivity contribution in [2.24, 2.45) is 0 Å². The molecule has 6 nitrogen and oxygen atoms in total. The predicted molar refractivity (Wildman–Crippen MR) is 98.3 cm³/mol. The Kier molecular flexibility index (Phi) is 5.29. The average molecular weight is 370 g/mol. The van der Waals surface area contributed by atoms with Gasteiger partial charge in [-0.1, -0.05) is 36.4 Å². The van der Waals surface area contributed by atoms with Gasteiger partial charge in [0.05, 0.1) is 10.4 Å². The van der Waals surface area contributed by atoms with Crippen molar-refractivity contribution in [2.75, 3.05) is 13.1 Å². The molecule has 0 unspecified atom stereocenters. The highest BCUT2D eigenvalue weighted by atomic mass is 32.2. The molecule has 0 saturated carbocycles. The highest BCUT2D eigenvalue weighted by Crippen LogP contribution is 2.24.